The van der Waals surface area contributed by atoms with Gasteiger partial charge < -0.3 is 36.8 Å². The number of aliphatic carboxylic acids is 1. The van der Waals surface area contributed by atoms with Crippen LogP contribution in [0.3, 0.4) is 0 Å². The predicted octanol–water partition coefficient (Wildman–Crippen LogP) is -0.363. The van der Waals surface area contributed by atoms with E-state index < -0.39 is 36.7 Å². The van der Waals surface area contributed by atoms with Gasteiger partial charge in [-0.1, -0.05) is 27.7 Å². The van der Waals surface area contributed by atoms with Gasteiger partial charge in [0.05, 0.1) is 0 Å². The third kappa shape index (κ3) is 6.18. The summed E-state index contributed by atoms with van der Waals surface area (Å²) in [5.41, 5.74) is 20.7. The van der Waals surface area contributed by atoms with Gasteiger partial charge in [0.15, 0.2) is 29.4 Å². The zero-order valence-corrected chi connectivity index (χ0v) is 20.8. The van der Waals surface area contributed by atoms with E-state index in [-0.39, 0.29) is 23.5 Å². The van der Waals surface area contributed by atoms with Crippen molar-refractivity contribution in [3.8, 4) is 0 Å². The molecule has 35 heavy (non-hydrogen) atoms. The van der Waals surface area contributed by atoms with Gasteiger partial charge in [0.2, 0.25) is 5.95 Å². The molecule has 1 aliphatic rings. The number of hydrogen-bond acceptors (Lipinski definition) is 12. The van der Waals surface area contributed by atoms with Crippen LogP contribution in [0.5, 0.6) is 0 Å². The molecule has 8 N–H and O–H groups in total. The minimum absolute atomic E-state index is 0.0167. The van der Waals surface area contributed by atoms with Gasteiger partial charge in [-0.15, -0.1) is 0 Å². The summed E-state index contributed by atoms with van der Waals surface area (Å²) in [7, 11) is 0. The molecule has 16 nitrogen and oxygen atoms in total. The van der Waals surface area contributed by atoms with Crippen molar-refractivity contribution in [3.63, 3.8) is 0 Å². The Morgan fingerprint density at radius 2 is 2.17 bits per heavy atom. The zero-order valence-electron chi connectivity index (χ0n) is 18.7. The average molecular weight is 605 g/mol. The molecule has 0 aliphatic carbocycles. The molecule has 0 aromatic carbocycles. The quantitative estimate of drug-likeness (QED) is 0.0326. The molecule has 5 atom stereocenters. The highest BCUT2D eigenvalue weighted by Crippen LogP contribution is 2.35. The van der Waals surface area contributed by atoms with Gasteiger partial charge in [0.1, 0.15) is 24.6 Å². The highest BCUT2D eigenvalue weighted by atomic mass is 127. The van der Waals surface area contributed by atoms with E-state index in [9.17, 15) is 20.1 Å². The number of unbranched alkanes of at least 4 members (excludes halogenated alkanes) is 1. The van der Waals surface area contributed by atoms with Gasteiger partial charge in [-0.2, -0.15) is 0 Å². The molecule has 3 rings (SSSR count). The Labute approximate surface area is 213 Å². The highest BCUT2D eigenvalue weighted by molar-refractivity contribution is 14.1. The Bertz CT molecular complexity index is 1060. The smallest absolute Gasteiger partial charge is 0.335 e. The van der Waals surface area contributed by atoms with Gasteiger partial charge in [-0.25, -0.2) is 19.7 Å². The Kier molecular flexibility index (Phi) is 9.61. The maximum absolute atomic E-state index is 11.4. The standard InChI is InChI=1S/C18H28IN11O5/c19-3-6-29(14(21)17(33)34)7-9-11(31)12(32)16(35-9)30-15-10(13(20)24-8-25-15)27-18(30)23-4-1-2-5-26-28-22/h8-9,11-12,14,16,31-32H,1-7,21H2,(H,23,27)(H,33,34)(H2,20,24,25)/t9-,11?,12+,14+,16-/m1/s1. The van der Waals surface area contributed by atoms with E-state index in [1.807, 2.05) is 0 Å². The Morgan fingerprint density at radius 1 is 1.40 bits per heavy atom. The Morgan fingerprint density at radius 3 is 2.86 bits per heavy atom. The number of nitrogen functional groups attached to an aromatic ring is 1. The van der Waals surface area contributed by atoms with Crippen molar-refractivity contribution in [3.05, 3.63) is 16.8 Å². The number of alkyl halides is 1. The first-order valence-electron chi connectivity index (χ1n) is 10.8. The second-order valence-corrected chi connectivity index (χ2v) is 8.92. The second-order valence-electron chi connectivity index (χ2n) is 7.84. The lowest BCUT2D eigenvalue weighted by atomic mass is 10.1. The largest absolute Gasteiger partial charge is 0.479 e. The molecule has 0 bridgehead atoms. The van der Waals surface area contributed by atoms with E-state index in [1.165, 1.54) is 15.8 Å². The minimum atomic E-state index is -1.37. The summed E-state index contributed by atoms with van der Waals surface area (Å²) in [6, 6.07) is 0. The van der Waals surface area contributed by atoms with Crippen LogP contribution < -0.4 is 16.8 Å². The van der Waals surface area contributed by atoms with Gasteiger partial charge in [0, 0.05) is 35.5 Å². The number of fused-ring (bicyclic) bond motifs is 1. The number of aliphatic hydroxyl groups excluding tert-OH is 2. The van der Waals surface area contributed by atoms with Crippen LogP contribution in [0.1, 0.15) is 19.1 Å². The first-order chi connectivity index (χ1) is 16.8. The third-order valence-corrected chi connectivity index (χ3v) is 6.04. The fraction of sp³-hybridized carbons (Fsp3) is 0.667. The summed E-state index contributed by atoms with van der Waals surface area (Å²) in [4.78, 5) is 28.2. The lowest BCUT2D eigenvalue weighted by Gasteiger charge is -2.28. The minimum Gasteiger partial charge on any atom is -0.479 e. The molecule has 1 fully saturated rings. The van der Waals surface area contributed by atoms with Crippen molar-refractivity contribution < 1.29 is 24.9 Å². The number of aliphatic hydroxyl groups is 2. The normalized spacial score (nSPS) is 22.9. The molecule has 0 radical (unpaired) electrons. The number of halogens is 1. The number of imidazole rings is 1. The van der Waals surface area contributed by atoms with Gasteiger partial charge in [0.25, 0.3) is 0 Å². The third-order valence-electron chi connectivity index (χ3n) is 5.56. The average Bonchev–Trinajstić information content (AvgIpc) is 3.33. The molecule has 0 spiro atoms. The molecule has 2 aromatic heterocycles. The zero-order chi connectivity index (χ0) is 25.5. The predicted molar refractivity (Wildman–Crippen MR) is 133 cm³/mol. The SMILES string of the molecule is [N-]=[N+]=NCCCCNc1nc2c(N)ncnc2n1[C@@H]1O[C@H](CN(CCI)[C@H](N)C(=O)O)C(O)[C@@H]1O. The van der Waals surface area contributed by atoms with Crippen LogP contribution in [-0.4, -0.2) is 101 Å². The van der Waals surface area contributed by atoms with E-state index in [4.69, 9.17) is 21.7 Å². The number of ether oxygens (including phenoxy) is 1. The number of azide groups is 1. The first-order valence-corrected chi connectivity index (χ1v) is 12.4. The number of nitrogens with two attached hydrogens (primary N) is 2. The molecule has 1 saturated heterocycles. The first kappa shape index (κ1) is 27.1. The molecule has 0 amide bonds. The van der Waals surface area contributed by atoms with Crippen LogP contribution >= 0.6 is 22.6 Å². The van der Waals surface area contributed by atoms with Crippen LogP contribution in [-0.2, 0) is 9.53 Å². The maximum Gasteiger partial charge on any atom is 0.335 e. The Hall–Kier alpha value is -2.54. The lowest BCUT2D eigenvalue weighted by molar-refractivity contribution is -0.144. The van der Waals surface area contributed by atoms with E-state index >= 15 is 0 Å². The summed E-state index contributed by atoms with van der Waals surface area (Å²) in [6.07, 6.45) is -3.45. The highest BCUT2D eigenvalue weighted by Gasteiger charge is 2.46. The van der Waals surface area contributed by atoms with Crippen LogP contribution in [0.25, 0.3) is 21.6 Å². The van der Waals surface area contributed by atoms with Crippen molar-refractivity contribution in [2.45, 2.75) is 43.5 Å². The van der Waals surface area contributed by atoms with E-state index in [0.29, 0.717) is 42.9 Å². The van der Waals surface area contributed by atoms with Crippen molar-refractivity contribution in [2.75, 3.05) is 41.7 Å². The van der Waals surface area contributed by atoms with E-state index in [0.717, 1.165) is 0 Å². The maximum atomic E-state index is 11.4. The van der Waals surface area contributed by atoms with Crippen molar-refractivity contribution >= 4 is 51.5 Å². The van der Waals surface area contributed by atoms with Gasteiger partial charge in [-0.05, 0) is 18.4 Å². The second kappa shape index (κ2) is 12.4. The number of nitrogens with one attached hydrogen (secondary N) is 1. The van der Waals surface area contributed by atoms with E-state index in [2.05, 4.69) is 52.9 Å². The van der Waals surface area contributed by atoms with Crippen LogP contribution in [0.2, 0.25) is 0 Å². The Balaban J connectivity index is 1.85. The van der Waals surface area contributed by atoms with E-state index in [1.54, 1.807) is 0 Å². The number of nitrogens with zero attached hydrogens (tertiary/aromatic N) is 8. The van der Waals surface area contributed by atoms with Crippen molar-refractivity contribution in [1.29, 1.82) is 0 Å². The molecular weight excluding hydrogens is 577 g/mol. The van der Waals surface area contributed by atoms with Crippen LogP contribution in [0.15, 0.2) is 11.4 Å². The van der Waals surface area contributed by atoms with Gasteiger partial charge >= 0.3 is 5.97 Å². The monoisotopic (exact) mass is 605 g/mol. The van der Waals surface area contributed by atoms with Crippen molar-refractivity contribution in [2.24, 2.45) is 10.8 Å². The fourth-order valence-electron chi connectivity index (χ4n) is 3.78. The number of anilines is 2. The molecule has 0 saturated carbocycles. The topological polar surface area (TPSA) is 247 Å². The van der Waals surface area contributed by atoms with Crippen molar-refractivity contribution in [1.82, 2.24) is 24.4 Å². The summed E-state index contributed by atoms with van der Waals surface area (Å²) >= 11 is 2.09. The summed E-state index contributed by atoms with van der Waals surface area (Å²) < 4.78 is 8.11. The number of carbonyl (C=O) groups is 1. The van der Waals surface area contributed by atoms with Crippen LogP contribution in [0.4, 0.5) is 11.8 Å². The molecule has 192 valence electrons. The van der Waals surface area contributed by atoms with Gasteiger partial charge in [-0.3, -0.25) is 9.47 Å². The number of hydrogen-bond donors (Lipinski definition) is 6. The van der Waals surface area contributed by atoms with Crippen LogP contribution in [0, 0.1) is 0 Å². The number of carboxylic acids is 1. The number of rotatable bonds is 13. The summed E-state index contributed by atoms with van der Waals surface area (Å²) in [5.74, 6) is -0.788. The molecule has 1 aliphatic heterocycles. The number of aromatic nitrogens is 4. The summed E-state index contributed by atoms with van der Waals surface area (Å²) in [5, 5.41) is 37.6. The molecule has 1 unspecified atom stereocenters. The molecular formula is C18H28IN11O5. The summed E-state index contributed by atoms with van der Waals surface area (Å²) in [6.45, 7) is 1.15. The molecule has 3 heterocycles. The number of carboxylic acid groups (broad SMARTS) is 1. The molecule has 2 aromatic rings. The molecule has 17 heteroatoms. The fourth-order valence-corrected chi connectivity index (χ4v) is 4.40. The lowest BCUT2D eigenvalue weighted by Crippen LogP contribution is -2.52.